The standard InChI is InChI=1S/C50H84N8O13/c1-14-39-50(10,64)43(60)33(6)57(12)27-29(2)25-48(8,63)45(31(4)42(32(5)46(62)69-39)70-40-26-49(9,65-13)44(61)34(7)68-40)71-47-41(59)38(24-30(3)67-47)56(11)22-20-36-28-58(55-53-36)21-15-23-66-37-18-16-35(17-19-37)52-54-51/h16-19,28-34,38-45,47,59-61,63-64H,14-15,20-27H2,1-13H3/t29-,30-,31+,32-,33-,34+,38+,39-,40?,41-,42+,43-,44+,45-,47+,48-,49-,50-/m1/s1. The molecular weight excluding hydrogens is 921 g/mol. The molecule has 21 heteroatoms. The Morgan fingerprint density at radius 1 is 1.00 bits per heavy atom. The maximum atomic E-state index is 14.5. The van der Waals surface area contributed by atoms with E-state index in [1.165, 1.54) is 14.0 Å². The first-order chi connectivity index (χ1) is 33.3. The number of carbonyl (C=O) groups excluding carboxylic acids is 1. The number of hydrogen-bond acceptors (Lipinski definition) is 18. The third kappa shape index (κ3) is 14.6. The molecule has 1 unspecified atom stereocenters. The van der Waals surface area contributed by atoms with Crippen LogP contribution in [0, 0.1) is 17.8 Å². The molecule has 71 heavy (non-hydrogen) atoms. The number of carbonyl (C=O) groups is 1. The van der Waals surface area contributed by atoms with Crippen molar-refractivity contribution in [2.75, 3.05) is 40.9 Å². The number of likely N-dealkylation sites (N-methyl/N-ethyl adjacent to an activating group) is 2. The highest BCUT2D eigenvalue weighted by atomic mass is 16.7. The second-order valence-electron chi connectivity index (χ2n) is 21.3. The molecule has 3 saturated heterocycles. The second kappa shape index (κ2) is 25.1. The molecule has 0 bridgehead atoms. The van der Waals surface area contributed by atoms with Gasteiger partial charge in [0.2, 0.25) is 0 Å². The fourth-order valence-corrected chi connectivity index (χ4v) is 10.8. The molecule has 4 heterocycles. The average Bonchev–Trinajstić information content (AvgIpc) is 3.78. The fourth-order valence-electron chi connectivity index (χ4n) is 10.8. The van der Waals surface area contributed by atoms with Crippen molar-refractivity contribution in [1.82, 2.24) is 24.8 Å². The van der Waals surface area contributed by atoms with Gasteiger partial charge < -0.3 is 68.5 Å². The summed E-state index contributed by atoms with van der Waals surface area (Å²) in [6, 6.07) is 5.88. The van der Waals surface area contributed by atoms with Crippen molar-refractivity contribution in [2.24, 2.45) is 22.9 Å². The highest BCUT2D eigenvalue weighted by Crippen LogP contribution is 2.40. The fraction of sp³-hybridized carbons (Fsp3) is 0.820. The number of benzene rings is 1. The van der Waals surface area contributed by atoms with Crippen molar-refractivity contribution in [3.8, 4) is 5.75 Å². The summed E-state index contributed by atoms with van der Waals surface area (Å²) in [6.07, 6.45) is -5.95. The zero-order chi connectivity index (χ0) is 52.6. The summed E-state index contributed by atoms with van der Waals surface area (Å²) < 4.78 is 45.8. The Hall–Kier alpha value is -3.54. The topological polar surface area (TPSA) is 269 Å². The van der Waals surface area contributed by atoms with Crippen molar-refractivity contribution in [1.29, 1.82) is 0 Å². The third-order valence-corrected chi connectivity index (χ3v) is 15.2. The summed E-state index contributed by atoms with van der Waals surface area (Å²) in [5, 5.41) is 71.9. The lowest BCUT2D eigenvalue weighted by molar-refractivity contribution is -0.318. The molecule has 3 fully saturated rings. The van der Waals surface area contributed by atoms with Crippen LogP contribution in [0.1, 0.15) is 107 Å². The molecule has 0 spiro atoms. The van der Waals surface area contributed by atoms with E-state index < -0.39 is 102 Å². The number of rotatable bonds is 16. The Morgan fingerprint density at radius 3 is 2.34 bits per heavy atom. The number of methoxy groups -OCH3 is 1. The summed E-state index contributed by atoms with van der Waals surface area (Å²) in [6.45, 7) is 19.5. The minimum Gasteiger partial charge on any atom is -0.494 e. The predicted molar refractivity (Wildman–Crippen MR) is 262 cm³/mol. The van der Waals surface area contributed by atoms with Crippen LogP contribution in [0.25, 0.3) is 10.4 Å². The zero-order valence-corrected chi connectivity index (χ0v) is 44.2. The SMILES string of the molecule is CC[C@H]1OC(=O)[C@H](C)[C@@H](OC2C[C@@](C)(OC)[C@@H](O)[C@H](C)O2)[C@H](C)[C@@H](O[C@@H]2O[C@H](C)C[C@H](N(C)CCc3cn(CCCOc4ccc(N=[N+]=[N-])cc4)nn3)[C@H]2O)[C@](C)(O)C[C@@H](C)CN(C)[C@H](C)[C@@H](O)[C@]1(C)O. The molecule has 3 aliphatic heterocycles. The van der Waals surface area contributed by atoms with Gasteiger partial charge in [0, 0.05) is 80.8 Å². The summed E-state index contributed by atoms with van der Waals surface area (Å²) in [5.41, 5.74) is 5.38. The minimum absolute atomic E-state index is 0.0986. The molecule has 2 aromatic rings. The lowest BCUT2D eigenvalue weighted by atomic mass is 9.77. The molecule has 0 amide bonds. The van der Waals surface area contributed by atoms with Gasteiger partial charge in [-0.3, -0.25) is 9.48 Å². The van der Waals surface area contributed by atoms with Crippen LogP contribution in [0.4, 0.5) is 5.69 Å². The number of ether oxygens (including phenoxy) is 7. The molecule has 21 nitrogen and oxygen atoms in total. The minimum atomic E-state index is -1.84. The highest BCUT2D eigenvalue weighted by molar-refractivity contribution is 5.73. The smallest absolute Gasteiger partial charge is 0.311 e. The van der Waals surface area contributed by atoms with Gasteiger partial charge in [0.1, 0.15) is 35.8 Å². The number of aryl methyl sites for hydroxylation is 1. The number of aliphatic hydroxyl groups is 5. The van der Waals surface area contributed by atoms with Gasteiger partial charge in [0.15, 0.2) is 12.6 Å². The maximum absolute atomic E-state index is 14.5. The monoisotopic (exact) mass is 1000 g/mol. The number of esters is 1. The lowest BCUT2D eigenvalue weighted by Crippen LogP contribution is -2.61. The number of aromatic nitrogens is 3. The summed E-state index contributed by atoms with van der Waals surface area (Å²) in [4.78, 5) is 21.2. The van der Waals surface area contributed by atoms with Crippen LogP contribution in [0.5, 0.6) is 5.75 Å². The van der Waals surface area contributed by atoms with Crippen molar-refractivity contribution in [3.63, 3.8) is 0 Å². The van der Waals surface area contributed by atoms with E-state index in [1.54, 1.807) is 70.5 Å². The molecule has 1 aromatic carbocycles. The molecule has 0 radical (unpaired) electrons. The quantitative estimate of drug-likeness (QED) is 0.0509. The van der Waals surface area contributed by atoms with Crippen molar-refractivity contribution < 1.29 is 63.5 Å². The first-order valence-electron chi connectivity index (χ1n) is 25.3. The first kappa shape index (κ1) is 58.4. The van der Waals surface area contributed by atoms with Gasteiger partial charge in [-0.15, -0.1) is 5.10 Å². The summed E-state index contributed by atoms with van der Waals surface area (Å²) >= 11 is 0. The van der Waals surface area contributed by atoms with Gasteiger partial charge >= 0.3 is 5.97 Å². The van der Waals surface area contributed by atoms with E-state index in [0.717, 1.165) is 5.69 Å². The van der Waals surface area contributed by atoms with Gasteiger partial charge in [0.25, 0.3) is 0 Å². The summed E-state index contributed by atoms with van der Waals surface area (Å²) in [5.74, 6) is -2.12. The lowest BCUT2D eigenvalue weighted by Gasteiger charge is -2.49. The molecule has 1 aromatic heterocycles. The number of cyclic esters (lactones) is 1. The van der Waals surface area contributed by atoms with Crippen LogP contribution < -0.4 is 4.74 Å². The molecule has 0 aliphatic carbocycles. The molecule has 5 N–H and O–H groups in total. The largest absolute Gasteiger partial charge is 0.494 e. The Balaban J connectivity index is 1.38. The van der Waals surface area contributed by atoms with E-state index >= 15 is 0 Å². The van der Waals surface area contributed by atoms with Gasteiger partial charge in [-0.2, -0.15) is 0 Å². The molecule has 18 atom stereocenters. The van der Waals surface area contributed by atoms with Crippen molar-refractivity contribution in [2.45, 2.75) is 205 Å². The van der Waals surface area contributed by atoms with Crippen LogP contribution in [0.2, 0.25) is 0 Å². The van der Waals surface area contributed by atoms with E-state index in [2.05, 4.69) is 25.2 Å². The highest BCUT2D eigenvalue weighted by Gasteiger charge is 2.53. The number of nitrogens with zero attached hydrogens (tertiary/aromatic N) is 8. The van der Waals surface area contributed by atoms with Crippen LogP contribution >= 0.6 is 0 Å². The Bertz CT molecular complexity index is 2020. The molecule has 0 saturated carbocycles. The van der Waals surface area contributed by atoms with E-state index in [-0.39, 0.29) is 31.3 Å². The average molecular weight is 1010 g/mol. The van der Waals surface area contributed by atoms with Crippen molar-refractivity contribution in [3.05, 3.63) is 46.6 Å². The van der Waals surface area contributed by atoms with Crippen molar-refractivity contribution >= 4 is 11.7 Å². The van der Waals surface area contributed by atoms with Gasteiger partial charge in [-0.1, -0.05) is 31.1 Å². The van der Waals surface area contributed by atoms with E-state index in [9.17, 15) is 30.3 Å². The zero-order valence-electron chi connectivity index (χ0n) is 44.2. The molecular formula is C50H84N8O13. The normalized spacial score (nSPS) is 39.3. The van der Waals surface area contributed by atoms with Gasteiger partial charge in [-0.05, 0) is 118 Å². The number of hydrogen-bond donors (Lipinski definition) is 5. The van der Waals surface area contributed by atoms with E-state index in [1.807, 2.05) is 46.0 Å². The Kier molecular flexibility index (Phi) is 20.7. The van der Waals surface area contributed by atoms with Crippen LogP contribution in [-0.4, -0.2) is 187 Å². The predicted octanol–water partition coefficient (Wildman–Crippen LogP) is 4.52. The Labute approximate surface area is 419 Å². The van der Waals surface area contributed by atoms with Crippen LogP contribution in [-0.2, 0) is 46.2 Å². The van der Waals surface area contributed by atoms with Gasteiger partial charge in [-0.25, -0.2) is 0 Å². The molecule has 402 valence electrons. The molecule has 5 rings (SSSR count). The number of azide groups is 1. The molecule has 3 aliphatic rings. The maximum Gasteiger partial charge on any atom is 0.311 e. The van der Waals surface area contributed by atoms with E-state index in [0.29, 0.717) is 56.9 Å². The van der Waals surface area contributed by atoms with Crippen LogP contribution in [0.15, 0.2) is 35.6 Å². The van der Waals surface area contributed by atoms with Gasteiger partial charge in [0.05, 0.1) is 53.8 Å². The second-order valence-corrected chi connectivity index (χ2v) is 21.3. The number of aliphatic hydroxyl groups excluding tert-OH is 3. The first-order valence-corrected chi connectivity index (χ1v) is 25.3. The summed E-state index contributed by atoms with van der Waals surface area (Å²) in [7, 11) is 5.26. The van der Waals surface area contributed by atoms with E-state index in [4.69, 9.17) is 38.7 Å². The third-order valence-electron chi connectivity index (χ3n) is 15.2. The Morgan fingerprint density at radius 2 is 1.69 bits per heavy atom. The van der Waals surface area contributed by atoms with Crippen LogP contribution in [0.3, 0.4) is 0 Å².